The van der Waals surface area contributed by atoms with Crippen molar-refractivity contribution in [3.63, 3.8) is 0 Å². The Kier molecular flexibility index (Phi) is 5.20. The molecule has 0 amide bonds. The fraction of sp³-hybridized carbons (Fsp3) is 0.571. The fourth-order valence-corrected chi connectivity index (χ4v) is 2.30. The van der Waals surface area contributed by atoms with Gasteiger partial charge in [0.1, 0.15) is 0 Å². The van der Waals surface area contributed by atoms with Gasteiger partial charge in [-0.1, -0.05) is 18.8 Å². The molecule has 0 atom stereocenters. The SMILES string of the molecule is CCC(C)(C)N(C)Cc1sccc1C#CCN. The van der Waals surface area contributed by atoms with Gasteiger partial charge in [0.25, 0.3) is 0 Å². The van der Waals surface area contributed by atoms with Crippen LogP contribution in [0, 0.1) is 11.8 Å². The summed E-state index contributed by atoms with van der Waals surface area (Å²) in [7, 11) is 2.17. The largest absolute Gasteiger partial charge is 0.320 e. The molecule has 1 aromatic rings. The molecule has 0 aliphatic carbocycles. The first-order valence-corrected chi connectivity index (χ1v) is 6.85. The Morgan fingerprint density at radius 3 is 2.76 bits per heavy atom. The smallest absolute Gasteiger partial charge is 0.0555 e. The van der Waals surface area contributed by atoms with Gasteiger partial charge in [0.15, 0.2) is 0 Å². The fourth-order valence-electron chi connectivity index (χ4n) is 1.42. The van der Waals surface area contributed by atoms with Gasteiger partial charge in [-0.2, -0.15) is 0 Å². The van der Waals surface area contributed by atoms with Crippen LogP contribution in [0.15, 0.2) is 11.4 Å². The Bertz CT molecular complexity index is 409. The molecule has 1 heterocycles. The summed E-state index contributed by atoms with van der Waals surface area (Å²) in [6.07, 6.45) is 1.14. The van der Waals surface area contributed by atoms with Crippen LogP contribution in [0.2, 0.25) is 0 Å². The Hall–Kier alpha value is -0.820. The third kappa shape index (κ3) is 3.85. The molecule has 0 aromatic carbocycles. The minimum Gasteiger partial charge on any atom is -0.320 e. The lowest BCUT2D eigenvalue weighted by atomic mass is 10.00. The van der Waals surface area contributed by atoms with Gasteiger partial charge in [0.05, 0.1) is 6.54 Å². The Balaban J connectivity index is 2.79. The maximum Gasteiger partial charge on any atom is 0.0555 e. The summed E-state index contributed by atoms with van der Waals surface area (Å²) in [6, 6.07) is 2.08. The molecule has 3 heteroatoms. The van der Waals surface area contributed by atoms with Gasteiger partial charge in [-0.15, -0.1) is 11.3 Å². The van der Waals surface area contributed by atoms with E-state index in [1.165, 1.54) is 4.88 Å². The lowest BCUT2D eigenvalue weighted by Crippen LogP contribution is -2.39. The highest BCUT2D eigenvalue weighted by Gasteiger charge is 2.21. The van der Waals surface area contributed by atoms with Crippen molar-refractivity contribution in [2.24, 2.45) is 5.73 Å². The summed E-state index contributed by atoms with van der Waals surface area (Å²) in [5, 5.41) is 2.10. The first kappa shape index (κ1) is 14.2. The molecule has 1 aromatic heterocycles. The van der Waals surface area contributed by atoms with Crippen molar-refractivity contribution in [3.05, 3.63) is 21.9 Å². The van der Waals surface area contributed by atoms with Crippen molar-refractivity contribution in [2.75, 3.05) is 13.6 Å². The van der Waals surface area contributed by atoms with Crippen LogP contribution >= 0.6 is 11.3 Å². The monoisotopic (exact) mass is 250 g/mol. The summed E-state index contributed by atoms with van der Waals surface area (Å²) in [5.74, 6) is 6.06. The Labute approximate surface area is 109 Å². The number of nitrogens with zero attached hydrogens (tertiary/aromatic N) is 1. The molecule has 2 nitrogen and oxygen atoms in total. The first-order valence-electron chi connectivity index (χ1n) is 5.97. The number of rotatable bonds is 4. The maximum atomic E-state index is 5.41. The van der Waals surface area contributed by atoms with Crippen LogP contribution in [0.5, 0.6) is 0 Å². The van der Waals surface area contributed by atoms with Crippen LogP contribution in [0.3, 0.4) is 0 Å². The van der Waals surface area contributed by atoms with E-state index in [2.05, 4.69) is 56.0 Å². The van der Waals surface area contributed by atoms with Crippen LogP contribution in [-0.4, -0.2) is 24.0 Å². The molecular formula is C14H22N2S. The van der Waals surface area contributed by atoms with E-state index in [-0.39, 0.29) is 5.54 Å². The summed E-state index contributed by atoms with van der Waals surface area (Å²) in [4.78, 5) is 3.71. The first-order chi connectivity index (χ1) is 8.01. The Morgan fingerprint density at radius 2 is 2.18 bits per heavy atom. The van der Waals surface area contributed by atoms with Crippen LogP contribution < -0.4 is 5.73 Å². The molecule has 17 heavy (non-hydrogen) atoms. The molecule has 0 saturated heterocycles. The Morgan fingerprint density at radius 1 is 1.47 bits per heavy atom. The zero-order chi connectivity index (χ0) is 12.9. The van der Waals surface area contributed by atoms with Crippen molar-refractivity contribution < 1.29 is 0 Å². The highest BCUT2D eigenvalue weighted by Crippen LogP contribution is 2.23. The summed E-state index contributed by atoms with van der Waals surface area (Å²) >= 11 is 1.77. The normalized spacial score (nSPS) is 11.4. The van der Waals surface area contributed by atoms with E-state index in [4.69, 9.17) is 5.73 Å². The van der Waals surface area contributed by atoms with Crippen LogP contribution in [-0.2, 0) is 6.54 Å². The topological polar surface area (TPSA) is 29.3 Å². The minimum atomic E-state index is 0.225. The van der Waals surface area contributed by atoms with E-state index >= 15 is 0 Å². The number of thiophene rings is 1. The van der Waals surface area contributed by atoms with Gasteiger partial charge in [-0.05, 0) is 38.8 Å². The van der Waals surface area contributed by atoms with Crippen LogP contribution in [0.4, 0.5) is 0 Å². The average Bonchev–Trinajstić information content (AvgIpc) is 2.73. The van der Waals surface area contributed by atoms with E-state index < -0.39 is 0 Å². The summed E-state index contributed by atoms with van der Waals surface area (Å²) < 4.78 is 0. The van der Waals surface area contributed by atoms with E-state index in [0.29, 0.717) is 6.54 Å². The second-order valence-electron chi connectivity index (χ2n) is 4.79. The van der Waals surface area contributed by atoms with Gasteiger partial charge in [-0.25, -0.2) is 0 Å². The van der Waals surface area contributed by atoms with Gasteiger partial charge >= 0.3 is 0 Å². The maximum absolute atomic E-state index is 5.41. The summed E-state index contributed by atoms with van der Waals surface area (Å²) in [5.41, 5.74) is 6.76. The lowest BCUT2D eigenvalue weighted by molar-refractivity contribution is 0.144. The molecular weight excluding hydrogens is 228 g/mol. The van der Waals surface area contributed by atoms with Gasteiger partial charge in [0, 0.05) is 22.5 Å². The summed E-state index contributed by atoms with van der Waals surface area (Å²) in [6.45, 7) is 8.14. The van der Waals surface area contributed by atoms with Crippen molar-refractivity contribution in [2.45, 2.75) is 39.3 Å². The highest BCUT2D eigenvalue weighted by atomic mass is 32.1. The predicted octanol–water partition coefficient (Wildman–Crippen LogP) is 2.68. The zero-order valence-electron chi connectivity index (χ0n) is 11.2. The molecule has 0 bridgehead atoms. The van der Waals surface area contributed by atoms with Crippen molar-refractivity contribution >= 4 is 11.3 Å². The van der Waals surface area contributed by atoms with Crippen molar-refractivity contribution in [1.82, 2.24) is 4.90 Å². The molecule has 0 radical (unpaired) electrons. The van der Waals surface area contributed by atoms with Crippen LogP contribution in [0.1, 0.15) is 37.6 Å². The van der Waals surface area contributed by atoms with Gasteiger partial charge < -0.3 is 5.73 Å². The highest BCUT2D eigenvalue weighted by molar-refractivity contribution is 7.10. The number of hydrogen-bond acceptors (Lipinski definition) is 3. The standard InChI is InChI=1S/C14H22N2S/c1-5-14(2,3)16(4)11-13-12(7-6-9-15)8-10-17-13/h8,10H,5,9,11,15H2,1-4H3. The molecule has 94 valence electrons. The van der Waals surface area contributed by atoms with E-state index in [9.17, 15) is 0 Å². The van der Waals surface area contributed by atoms with Crippen molar-refractivity contribution in [3.8, 4) is 11.8 Å². The minimum absolute atomic E-state index is 0.225. The molecule has 2 N–H and O–H groups in total. The molecule has 0 unspecified atom stereocenters. The van der Waals surface area contributed by atoms with Crippen molar-refractivity contribution in [1.29, 1.82) is 0 Å². The second kappa shape index (κ2) is 6.20. The third-order valence-corrected chi connectivity index (χ3v) is 4.26. The lowest BCUT2D eigenvalue weighted by Gasteiger charge is -2.34. The number of hydrogen-bond donors (Lipinski definition) is 1. The molecule has 0 fully saturated rings. The third-order valence-electron chi connectivity index (χ3n) is 3.35. The number of nitrogens with two attached hydrogens (primary N) is 1. The molecule has 1 rings (SSSR count). The average molecular weight is 250 g/mol. The van der Waals surface area contributed by atoms with E-state index in [1.807, 2.05) is 0 Å². The van der Waals surface area contributed by atoms with Gasteiger partial charge in [0.2, 0.25) is 0 Å². The van der Waals surface area contributed by atoms with E-state index in [0.717, 1.165) is 18.5 Å². The molecule has 0 saturated carbocycles. The molecule has 0 aliphatic heterocycles. The molecule has 0 spiro atoms. The second-order valence-corrected chi connectivity index (χ2v) is 5.79. The molecule has 0 aliphatic rings. The predicted molar refractivity (Wildman–Crippen MR) is 76.1 cm³/mol. The van der Waals surface area contributed by atoms with E-state index in [1.54, 1.807) is 11.3 Å². The van der Waals surface area contributed by atoms with Gasteiger partial charge in [-0.3, -0.25) is 4.90 Å². The zero-order valence-corrected chi connectivity index (χ0v) is 12.0. The quantitative estimate of drug-likeness (QED) is 0.833. The van der Waals surface area contributed by atoms with Crippen LogP contribution in [0.25, 0.3) is 0 Å².